The molecule has 0 aromatic carbocycles. The molecule has 2 heteroatoms. The smallest absolute Gasteiger partial charge is 0.194 e. The predicted octanol–water partition coefficient (Wildman–Crippen LogP) is 2.75. The van der Waals surface area contributed by atoms with Crippen LogP contribution < -0.4 is 0 Å². The van der Waals surface area contributed by atoms with Crippen LogP contribution in [-0.2, 0) is 6.42 Å². The summed E-state index contributed by atoms with van der Waals surface area (Å²) in [7, 11) is 0. The highest BCUT2D eigenvalue weighted by Crippen LogP contribution is 2.13. The maximum Gasteiger partial charge on any atom is 0.194 e. The summed E-state index contributed by atoms with van der Waals surface area (Å²) in [5, 5.41) is 0. The summed E-state index contributed by atoms with van der Waals surface area (Å²) in [4.78, 5) is 4.33. The Balaban J connectivity index is 2.66. The molecule has 0 aliphatic carbocycles. The number of nitrogens with zero attached hydrogens (tertiary/aromatic N) is 1. The van der Waals surface area contributed by atoms with Crippen molar-refractivity contribution < 1.29 is 4.42 Å². The van der Waals surface area contributed by atoms with Crippen LogP contribution in [0, 0.1) is 0 Å². The van der Waals surface area contributed by atoms with Crippen LogP contribution in [0.15, 0.2) is 10.7 Å². The Morgan fingerprint density at radius 3 is 2.73 bits per heavy atom. The Bertz CT molecular complexity index is 215. The Morgan fingerprint density at radius 2 is 2.27 bits per heavy atom. The molecule has 0 N–H and O–H groups in total. The molecule has 62 valence electrons. The van der Waals surface area contributed by atoms with Gasteiger partial charge in [-0.05, 0) is 12.3 Å². The molecule has 0 aliphatic heterocycles. The van der Waals surface area contributed by atoms with E-state index in [0.29, 0.717) is 5.92 Å². The van der Waals surface area contributed by atoms with Crippen molar-refractivity contribution in [2.75, 3.05) is 0 Å². The number of oxazole rings is 1. The number of hydrogen-bond donors (Lipinski definition) is 0. The molecule has 0 saturated heterocycles. The van der Waals surface area contributed by atoms with Crippen LogP contribution in [0.1, 0.15) is 44.7 Å². The highest BCUT2D eigenvalue weighted by atomic mass is 16.3. The molecule has 0 amide bonds. The van der Waals surface area contributed by atoms with Crippen LogP contribution in [0.3, 0.4) is 0 Å². The summed E-state index contributed by atoms with van der Waals surface area (Å²) in [6.07, 6.45) is 3.81. The fraction of sp³-hybridized carbons (Fsp3) is 0.667. The number of hydrogen-bond acceptors (Lipinski definition) is 2. The molecule has 2 nitrogen and oxygen atoms in total. The second kappa shape index (κ2) is 3.56. The summed E-state index contributed by atoms with van der Waals surface area (Å²) in [5.41, 5.74) is 1.06. The first-order chi connectivity index (χ1) is 5.24. The summed E-state index contributed by atoms with van der Waals surface area (Å²) < 4.78 is 5.26. The quantitative estimate of drug-likeness (QED) is 0.667. The van der Waals surface area contributed by atoms with Crippen molar-refractivity contribution >= 4 is 0 Å². The first kappa shape index (κ1) is 8.31. The first-order valence-electron chi connectivity index (χ1n) is 4.18. The molecule has 1 heterocycles. The van der Waals surface area contributed by atoms with E-state index < -0.39 is 0 Å². The molecule has 0 radical (unpaired) electrons. The molecule has 1 rings (SSSR count). The number of aromatic nitrogens is 1. The molecule has 0 fully saturated rings. The van der Waals surface area contributed by atoms with Gasteiger partial charge < -0.3 is 4.42 Å². The van der Waals surface area contributed by atoms with Gasteiger partial charge in [0.25, 0.3) is 0 Å². The van der Waals surface area contributed by atoms with Crippen LogP contribution in [-0.4, -0.2) is 4.98 Å². The van der Waals surface area contributed by atoms with E-state index in [4.69, 9.17) is 4.42 Å². The minimum atomic E-state index is 0.476. The van der Waals surface area contributed by atoms with Gasteiger partial charge in [-0.15, -0.1) is 0 Å². The first-order valence-corrected chi connectivity index (χ1v) is 4.18. The zero-order valence-electron chi connectivity index (χ0n) is 7.42. The van der Waals surface area contributed by atoms with Crippen LogP contribution >= 0.6 is 0 Å². The van der Waals surface area contributed by atoms with Gasteiger partial charge in [0.2, 0.25) is 0 Å². The zero-order chi connectivity index (χ0) is 8.27. The summed E-state index contributed by atoms with van der Waals surface area (Å²) >= 11 is 0. The average molecular weight is 153 g/mol. The molecule has 0 spiro atoms. The highest BCUT2D eigenvalue weighted by molar-refractivity contribution is 5.01. The third-order valence-electron chi connectivity index (χ3n) is 1.62. The SMILES string of the molecule is CCCc1nc(C(C)C)co1. The van der Waals surface area contributed by atoms with Crippen molar-refractivity contribution in [1.82, 2.24) is 4.98 Å². The topological polar surface area (TPSA) is 26.0 Å². The van der Waals surface area contributed by atoms with Crippen molar-refractivity contribution in [2.24, 2.45) is 0 Å². The van der Waals surface area contributed by atoms with Crippen LogP contribution in [0.25, 0.3) is 0 Å². The van der Waals surface area contributed by atoms with E-state index in [-0.39, 0.29) is 0 Å². The van der Waals surface area contributed by atoms with Crippen molar-refractivity contribution in [2.45, 2.75) is 39.5 Å². The van der Waals surface area contributed by atoms with E-state index in [0.717, 1.165) is 24.4 Å². The second-order valence-electron chi connectivity index (χ2n) is 3.07. The molecule has 0 saturated carbocycles. The van der Waals surface area contributed by atoms with Gasteiger partial charge in [-0.2, -0.15) is 0 Å². The lowest BCUT2D eigenvalue weighted by Gasteiger charge is -1.94. The van der Waals surface area contributed by atoms with E-state index in [2.05, 4.69) is 25.8 Å². The normalized spacial score (nSPS) is 10.9. The van der Waals surface area contributed by atoms with E-state index in [1.807, 2.05) is 0 Å². The Morgan fingerprint density at radius 1 is 1.55 bits per heavy atom. The predicted molar refractivity (Wildman–Crippen MR) is 44.6 cm³/mol. The number of aryl methyl sites for hydroxylation is 1. The van der Waals surface area contributed by atoms with E-state index in [9.17, 15) is 0 Å². The van der Waals surface area contributed by atoms with Gasteiger partial charge in [-0.25, -0.2) is 4.98 Å². The summed E-state index contributed by atoms with van der Waals surface area (Å²) in [6.45, 7) is 6.36. The summed E-state index contributed by atoms with van der Waals surface area (Å²) in [5.74, 6) is 1.35. The fourth-order valence-corrected chi connectivity index (χ4v) is 0.919. The third kappa shape index (κ3) is 2.07. The van der Waals surface area contributed by atoms with Gasteiger partial charge in [0, 0.05) is 6.42 Å². The van der Waals surface area contributed by atoms with E-state index in [1.165, 1.54) is 0 Å². The largest absolute Gasteiger partial charge is 0.449 e. The molecular formula is C9H15NO. The van der Waals surface area contributed by atoms with Gasteiger partial charge >= 0.3 is 0 Å². The molecule has 0 unspecified atom stereocenters. The van der Waals surface area contributed by atoms with Crippen molar-refractivity contribution in [3.05, 3.63) is 17.8 Å². The maximum absolute atomic E-state index is 5.26. The van der Waals surface area contributed by atoms with Crippen LogP contribution in [0.4, 0.5) is 0 Å². The zero-order valence-corrected chi connectivity index (χ0v) is 7.42. The van der Waals surface area contributed by atoms with Crippen molar-refractivity contribution in [3.8, 4) is 0 Å². The minimum absolute atomic E-state index is 0.476. The van der Waals surface area contributed by atoms with Gasteiger partial charge in [0.05, 0.1) is 5.69 Å². The van der Waals surface area contributed by atoms with Gasteiger partial charge in [-0.3, -0.25) is 0 Å². The van der Waals surface area contributed by atoms with E-state index in [1.54, 1.807) is 6.26 Å². The molecule has 1 aromatic heterocycles. The standard InChI is InChI=1S/C9H15NO/c1-4-5-9-10-8(6-11-9)7(2)3/h6-7H,4-5H2,1-3H3. The second-order valence-corrected chi connectivity index (χ2v) is 3.07. The molecule has 1 aromatic rings. The van der Waals surface area contributed by atoms with Gasteiger partial charge in [-0.1, -0.05) is 20.8 Å². The summed E-state index contributed by atoms with van der Waals surface area (Å²) in [6, 6.07) is 0. The Kier molecular flexibility index (Phi) is 2.69. The van der Waals surface area contributed by atoms with Crippen molar-refractivity contribution in [1.29, 1.82) is 0 Å². The van der Waals surface area contributed by atoms with Gasteiger partial charge in [0.15, 0.2) is 5.89 Å². The van der Waals surface area contributed by atoms with Gasteiger partial charge in [0.1, 0.15) is 6.26 Å². The van der Waals surface area contributed by atoms with Crippen LogP contribution in [0.2, 0.25) is 0 Å². The number of rotatable bonds is 3. The third-order valence-corrected chi connectivity index (χ3v) is 1.62. The van der Waals surface area contributed by atoms with Crippen LogP contribution in [0.5, 0.6) is 0 Å². The molecule has 11 heavy (non-hydrogen) atoms. The molecule has 0 aliphatic rings. The highest BCUT2D eigenvalue weighted by Gasteiger charge is 2.05. The molecule has 0 bridgehead atoms. The van der Waals surface area contributed by atoms with Crippen molar-refractivity contribution in [3.63, 3.8) is 0 Å². The lowest BCUT2D eigenvalue weighted by atomic mass is 10.2. The minimum Gasteiger partial charge on any atom is -0.449 e. The van der Waals surface area contributed by atoms with E-state index >= 15 is 0 Å². The Labute approximate surface area is 67.6 Å². The Hall–Kier alpha value is -0.790. The fourth-order valence-electron chi connectivity index (χ4n) is 0.919. The average Bonchev–Trinajstić information content (AvgIpc) is 2.37. The molecule has 0 atom stereocenters. The monoisotopic (exact) mass is 153 g/mol. The molecular weight excluding hydrogens is 138 g/mol. The maximum atomic E-state index is 5.26. The lowest BCUT2D eigenvalue weighted by Crippen LogP contribution is -1.88. The lowest BCUT2D eigenvalue weighted by molar-refractivity contribution is 0.491.